The third-order valence-electron chi connectivity index (χ3n) is 6.34. The van der Waals surface area contributed by atoms with Crippen molar-refractivity contribution < 1.29 is 37.0 Å². The number of hydrogen-bond acceptors (Lipinski definition) is 6. The molecule has 0 aliphatic heterocycles. The van der Waals surface area contributed by atoms with Gasteiger partial charge in [-0.3, -0.25) is 9.59 Å². The van der Waals surface area contributed by atoms with Crippen LogP contribution in [0.4, 0.5) is 13.2 Å². The number of likely N-dealkylation sites (N-methyl/N-ethyl adjacent to an activating group) is 1. The van der Waals surface area contributed by atoms with Gasteiger partial charge in [0, 0.05) is 30.6 Å². The Morgan fingerprint density at radius 2 is 1.95 bits per heavy atom. The SMILES string of the molecule is CNC(=O)COCC(C)(C)c1ccc2c(-c3cc(OC)c(C(=O)N[C@@H]4C[C@@H]4F)c(OC(F)F)c3)cnn2c1. The topological polar surface area (TPSA) is 103 Å². The third kappa shape index (κ3) is 5.85. The molecule has 3 aromatic rings. The Morgan fingerprint density at radius 1 is 1.24 bits per heavy atom. The molecule has 2 N–H and O–H groups in total. The van der Waals surface area contributed by atoms with Crippen molar-refractivity contribution in [1.29, 1.82) is 0 Å². The van der Waals surface area contributed by atoms with E-state index in [1.165, 1.54) is 26.3 Å². The number of aromatic nitrogens is 2. The van der Waals surface area contributed by atoms with Crippen molar-refractivity contribution in [3.63, 3.8) is 0 Å². The summed E-state index contributed by atoms with van der Waals surface area (Å²) < 4.78 is 57.1. The van der Waals surface area contributed by atoms with E-state index in [1.807, 2.05) is 32.2 Å². The molecule has 0 saturated heterocycles. The number of carbonyl (C=O) groups excluding carboxylic acids is 2. The molecule has 2 amide bonds. The molecule has 2 heterocycles. The van der Waals surface area contributed by atoms with E-state index in [0.717, 1.165) is 5.56 Å². The number of fused-ring (bicyclic) bond motifs is 1. The summed E-state index contributed by atoms with van der Waals surface area (Å²) in [6.45, 7) is 0.979. The van der Waals surface area contributed by atoms with Crippen molar-refractivity contribution in [2.45, 2.75) is 44.5 Å². The zero-order valence-corrected chi connectivity index (χ0v) is 21.4. The van der Waals surface area contributed by atoms with Gasteiger partial charge in [-0.1, -0.05) is 19.9 Å². The molecule has 4 rings (SSSR count). The summed E-state index contributed by atoms with van der Waals surface area (Å²) in [6, 6.07) is 5.88. The van der Waals surface area contributed by atoms with Crippen LogP contribution in [-0.2, 0) is 14.9 Å². The Kier molecular flexibility index (Phi) is 7.81. The maximum Gasteiger partial charge on any atom is 0.387 e. The molecular formula is C26H29F3N4O5. The van der Waals surface area contributed by atoms with Crippen molar-refractivity contribution in [2.75, 3.05) is 27.4 Å². The highest BCUT2D eigenvalue weighted by Crippen LogP contribution is 2.38. The van der Waals surface area contributed by atoms with Gasteiger partial charge in [0.05, 0.1) is 31.5 Å². The lowest BCUT2D eigenvalue weighted by atomic mass is 9.86. The molecule has 0 unspecified atom stereocenters. The van der Waals surface area contributed by atoms with Crippen molar-refractivity contribution in [3.05, 3.63) is 47.8 Å². The van der Waals surface area contributed by atoms with Gasteiger partial charge in [0.25, 0.3) is 5.91 Å². The summed E-state index contributed by atoms with van der Waals surface area (Å²) in [4.78, 5) is 24.2. The maximum absolute atomic E-state index is 13.3. The lowest BCUT2D eigenvalue weighted by Crippen LogP contribution is -2.29. The molecule has 38 heavy (non-hydrogen) atoms. The van der Waals surface area contributed by atoms with Gasteiger partial charge in [0.15, 0.2) is 0 Å². The first kappa shape index (κ1) is 27.2. The first-order chi connectivity index (χ1) is 18.0. The fraction of sp³-hybridized carbons (Fsp3) is 0.423. The molecule has 0 radical (unpaired) electrons. The zero-order chi connectivity index (χ0) is 27.6. The zero-order valence-electron chi connectivity index (χ0n) is 21.4. The van der Waals surface area contributed by atoms with Crippen LogP contribution < -0.4 is 20.1 Å². The number of benzene rings is 1. The van der Waals surface area contributed by atoms with Gasteiger partial charge >= 0.3 is 6.61 Å². The van der Waals surface area contributed by atoms with Gasteiger partial charge in [-0.2, -0.15) is 13.9 Å². The standard InChI is InChI=1S/C26H29F3N4O5/c1-26(2,13-37-12-22(34)30-3)15-5-6-19-16(10-31-33(19)11-15)14-7-20(36-4)23(21(8-14)38-25(28)29)24(35)32-18-9-17(18)27/h5-8,10-11,17-18,25H,9,12-13H2,1-4H3,(H,30,34)(H,32,35)/t17-,18+/m0/s1. The summed E-state index contributed by atoms with van der Waals surface area (Å²) in [6.07, 6.45) is 2.38. The summed E-state index contributed by atoms with van der Waals surface area (Å²) in [5.74, 6) is -1.38. The van der Waals surface area contributed by atoms with Gasteiger partial charge in [-0.15, -0.1) is 0 Å². The van der Waals surface area contributed by atoms with E-state index in [-0.39, 0.29) is 30.2 Å². The van der Waals surface area contributed by atoms with E-state index >= 15 is 0 Å². The Morgan fingerprint density at radius 3 is 2.58 bits per heavy atom. The number of nitrogens with one attached hydrogen (secondary N) is 2. The van der Waals surface area contributed by atoms with Crippen LogP contribution in [0.5, 0.6) is 11.5 Å². The van der Waals surface area contributed by atoms with Crippen LogP contribution in [0.1, 0.15) is 36.2 Å². The van der Waals surface area contributed by atoms with Crippen LogP contribution in [0.2, 0.25) is 0 Å². The van der Waals surface area contributed by atoms with Crippen LogP contribution >= 0.6 is 0 Å². The van der Waals surface area contributed by atoms with Gasteiger partial charge in [-0.25, -0.2) is 8.91 Å². The number of ether oxygens (including phenoxy) is 3. The highest BCUT2D eigenvalue weighted by molar-refractivity contribution is 6.01. The largest absolute Gasteiger partial charge is 0.496 e. The summed E-state index contributed by atoms with van der Waals surface area (Å²) in [5.41, 5.74) is 1.89. The van der Waals surface area contributed by atoms with Crippen LogP contribution in [0.3, 0.4) is 0 Å². The van der Waals surface area contributed by atoms with Crippen molar-refractivity contribution >= 4 is 17.3 Å². The average Bonchev–Trinajstić information content (AvgIpc) is 3.39. The quantitative estimate of drug-likeness (QED) is 0.391. The second-order valence-corrected chi connectivity index (χ2v) is 9.62. The highest BCUT2D eigenvalue weighted by Gasteiger charge is 2.40. The monoisotopic (exact) mass is 534 g/mol. The van der Waals surface area contributed by atoms with Gasteiger partial charge in [0.2, 0.25) is 5.91 Å². The van der Waals surface area contributed by atoms with Crippen molar-refractivity contribution in [3.8, 4) is 22.6 Å². The predicted octanol–water partition coefficient (Wildman–Crippen LogP) is 3.49. The number of methoxy groups -OCH3 is 1. The van der Waals surface area contributed by atoms with E-state index in [4.69, 9.17) is 9.47 Å². The van der Waals surface area contributed by atoms with E-state index in [2.05, 4.69) is 20.5 Å². The molecule has 9 nitrogen and oxygen atoms in total. The molecule has 2 atom stereocenters. The van der Waals surface area contributed by atoms with Crippen molar-refractivity contribution in [1.82, 2.24) is 20.2 Å². The first-order valence-electron chi connectivity index (χ1n) is 11.9. The number of amides is 2. The lowest BCUT2D eigenvalue weighted by Gasteiger charge is -2.25. The molecule has 1 saturated carbocycles. The summed E-state index contributed by atoms with van der Waals surface area (Å²) >= 11 is 0. The molecule has 12 heteroatoms. The van der Waals surface area contributed by atoms with E-state index in [9.17, 15) is 22.8 Å². The molecule has 2 aromatic heterocycles. The molecule has 1 fully saturated rings. The number of rotatable bonds is 11. The number of carbonyl (C=O) groups is 2. The normalized spacial score (nSPS) is 16.9. The van der Waals surface area contributed by atoms with Crippen LogP contribution in [0.25, 0.3) is 16.6 Å². The number of hydrogen-bond donors (Lipinski definition) is 2. The summed E-state index contributed by atoms with van der Waals surface area (Å²) in [7, 11) is 2.84. The van der Waals surface area contributed by atoms with Crippen LogP contribution in [-0.4, -0.2) is 67.6 Å². The Hall–Kier alpha value is -3.80. The molecule has 1 aromatic carbocycles. The summed E-state index contributed by atoms with van der Waals surface area (Å²) in [5, 5.41) is 9.38. The van der Waals surface area contributed by atoms with Crippen LogP contribution in [0.15, 0.2) is 36.7 Å². The second-order valence-electron chi connectivity index (χ2n) is 9.62. The average molecular weight is 535 g/mol. The van der Waals surface area contributed by atoms with E-state index in [0.29, 0.717) is 23.3 Å². The highest BCUT2D eigenvalue weighted by atomic mass is 19.3. The minimum atomic E-state index is -3.20. The van der Waals surface area contributed by atoms with E-state index < -0.39 is 35.9 Å². The minimum absolute atomic E-state index is 0.00271. The Balaban J connectivity index is 1.67. The first-order valence-corrected chi connectivity index (χ1v) is 11.9. The van der Waals surface area contributed by atoms with Crippen LogP contribution in [0, 0.1) is 0 Å². The van der Waals surface area contributed by atoms with Crippen molar-refractivity contribution in [2.24, 2.45) is 0 Å². The Labute approximate surface area is 217 Å². The number of pyridine rings is 1. The lowest BCUT2D eigenvalue weighted by molar-refractivity contribution is -0.125. The smallest absolute Gasteiger partial charge is 0.387 e. The fourth-order valence-corrected chi connectivity index (χ4v) is 4.03. The fourth-order valence-electron chi connectivity index (χ4n) is 4.03. The number of nitrogens with zero attached hydrogens (tertiary/aromatic N) is 2. The van der Waals surface area contributed by atoms with Gasteiger partial charge in [0.1, 0.15) is 29.8 Å². The number of alkyl halides is 3. The molecule has 0 spiro atoms. The Bertz CT molecular complexity index is 1340. The third-order valence-corrected chi connectivity index (χ3v) is 6.34. The maximum atomic E-state index is 13.3. The molecule has 1 aliphatic rings. The second kappa shape index (κ2) is 10.9. The molecule has 0 bridgehead atoms. The molecule has 1 aliphatic carbocycles. The minimum Gasteiger partial charge on any atom is -0.496 e. The predicted molar refractivity (Wildman–Crippen MR) is 132 cm³/mol. The van der Waals surface area contributed by atoms with E-state index in [1.54, 1.807) is 10.7 Å². The number of halogens is 3. The van der Waals surface area contributed by atoms with Gasteiger partial charge < -0.3 is 24.8 Å². The van der Waals surface area contributed by atoms with Gasteiger partial charge in [-0.05, 0) is 29.3 Å². The molecule has 204 valence electrons. The molecular weight excluding hydrogens is 505 g/mol.